The predicted molar refractivity (Wildman–Crippen MR) is 202 cm³/mol. The maximum absolute atomic E-state index is 15.0. The number of ketones is 1. The molecule has 6 fully saturated rings. The number of rotatable bonds is 15. The van der Waals surface area contributed by atoms with Gasteiger partial charge >= 0.3 is 6.03 Å². The lowest BCUT2D eigenvalue weighted by Gasteiger charge is -2.44. The summed E-state index contributed by atoms with van der Waals surface area (Å²) >= 11 is 0. The Hall–Kier alpha value is -2.70. The molecule has 0 aromatic carbocycles. The lowest BCUT2D eigenvalue weighted by atomic mass is 9.70. The van der Waals surface area contributed by atoms with Gasteiger partial charge in [-0.3, -0.25) is 19.2 Å². The van der Waals surface area contributed by atoms with Crippen LogP contribution in [0.2, 0.25) is 0 Å². The summed E-state index contributed by atoms with van der Waals surface area (Å²) < 4.78 is 26.4. The van der Waals surface area contributed by atoms with Crippen LogP contribution in [0.5, 0.6) is 0 Å². The van der Waals surface area contributed by atoms with E-state index in [2.05, 4.69) is 35.1 Å². The van der Waals surface area contributed by atoms with Gasteiger partial charge in [-0.1, -0.05) is 79.1 Å². The molecule has 13 heteroatoms. The van der Waals surface area contributed by atoms with Crippen molar-refractivity contribution in [2.45, 2.75) is 179 Å². The molecule has 6 rings (SSSR count). The van der Waals surface area contributed by atoms with Crippen LogP contribution in [0.4, 0.5) is 4.79 Å². The van der Waals surface area contributed by atoms with E-state index in [1.165, 1.54) is 0 Å². The minimum atomic E-state index is -3.57. The zero-order chi connectivity index (χ0) is 38.6. The number of Topliss-reactive ketones (excluding diaryl/α,β-unsaturated/α-hetero) is 1. The first-order valence-corrected chi connectivity index (χ1v) is 22.2. The van der Waals surface area contributed by atoms with Gasteiger partial charge in [-0.05, 0) is 93.8 Å². The molecule has 5 aliphatic carbocycles. The largest absolute Gasteiger partial charge is 0.347 e. The van der Waals surface area contributed by atoms with Gasteiger partial charge in [0, 0.05) is 12.6 Å². The number of hydrogen-bond donors (Lipinski definition) is 4. The van der Waals surface area contributed by atoms with Crippen LogP contribution in [0.25, 0.3) is 0 Å². The second-order valence-corrected chi connectivity index (χ2v) is 21.8. The second-order valence-electron chi connectivity index (χ2n) is 19.2. The van der Waals surface area contributed by atoms with Gasteiger partial charge in [0.1, 0.15) is 12.1 Å². The van der Waals surface area contributed by atoms with E-state index in [1.54, 1.807) is 18.7 Å². The van der Waals surface area contributed by atoms with Gasteiger partial charge in [0.2, 0.25) is 17.6 Å². The van der Waals surface area contributed by atoms with Crippen molar-refractivity contribution in [3.05, 3.63) is 0 Å². The lowest BCUT2D eigenvalue weighted by Crippen LogP contribution is -2.65. The molecule has 0 radical (unpaired) electrons. The second kappa shape index (κ2) is 14.8. The maximum Gasteiger partial charge on any atom is 0.315 e. The van der Waals surface area contributed by atoms with E-state index >= 15 is 0 Å². The van der Waals surface area contributed by atoms with Crippen molar-refractivity contribution in [3.63, 3.8) is 0 Å². The van der Waals surface area contributed by atoms with Crippen molar-refractivity contribution >= 4 is 39.4 Å². The van der Waals surface area contributed by atoms with Gasteiger partial charge in [0.25, 0.3) is 5.91 Å². The Morgan fingerprint density at radius 3 is 2.02 bits per heavy atom. The molecular formula is C40H65N5O7S. The third-order valence-electron chi connectivity index (χ3n) is 14.4. The number of hydrogen-bond acceptors (Lipinski definition) is 7. The normalized spacial score (nSPS) is 28.5. The molecule has 53 heavy (non-hydrogen) atoms. The summed E-state index contributed by atoms with van der Waals surface area (Å²) in [5.74, 6) is -1.94. The quantitative estimate of drug-likeness (QED) is 0.178. The first kappa shape index (κ1) is 40.0. The van der Waals surface area contributed by atoms with Crippen molar-refractivity contribution in [1.29, 1.82) is 0 Å². The number of nitrogens with one attached hydrogen (secondary N) is 4. The average molecular weight is 760 g/mol. The summed E-state index contributed by atoms with van der Waals surface area (Å²) in [6.07, 6.45) is 12.4. The van der Waals surface area contributed by atoms with E-state index in [1.807, 2.05) is 13.8 Å². The van der Waals surface area contributed by atoms with E-state index in [0.29, 0.717) is 32.2 Å². The fourth-order valence-electron chi connectivity index (χ4n) is 9.70. The van der Waals surface area contributed by atoms with E-state index in [9.17, 15) is 32.4 Å². The fraction of sp³-hybridized carbons (Fsp3) is 0.875. The molecule has 5 amide bonds. The highest BCUT2D eigenvalue weighted by Gasteiger charge is 2.70. The molecule has 298 valence electrons. The molecule has 0 bridgehead atoms. The smallest absolute Gasteiger partial charge is 0.315 e. The standard InChI is InChI=1S/C40H65N5O7S/c1-7-37(2,3)53(51,52)24-40(20-12-9-13-21-40)44-36(50)43-32(39(6)18-10-8-11-19-39)35(49)45-23-27-29(38(27,4)5)30(45)33(47)42-28(22-25-14-15-25)31(46)34(48)41-26-16-17-26/h25-30,32H,7-24H2,1-6H3,(H,41,48)(H,42,47)(H2,43,44,50)/t27-,28?,29?,30-,32+/m0/s1. The van der Waals surface area contributed by atoms with Crippen molar-refractivity contribution in [3.8, 4) is 0 Å². The highest BCUT2D eigenvalue weighted by Crippen LogP contribution is 2.65. The maximum atomic E-state index is 15.0. The number of sulfone groups is 1. The summed E-state index contributed by atoms with van der Waals surface area (Å²) in [5, 5.41) is 11.9. The van der Waals surface area contributed by atoms with Crippen LogP contribution in [0.1, 0.15) is 144 Å². The summed E-state index contributed by atoms with van der Waals surface area (Å²) in [7, 11) is -3.57. The first-order valence-electron chi connectivity index (χ1n) is 20.6. The van der Waals surface area contributed by atoms with Crippen molar-refractivity contribution in [2.75, 3.05) is 12.3 Å². The molecule has 1 aliphatic heterocycles. The molecule has 6 aliphatic rings. The Morgan fingerprint density at radius 2 is 1.45 bits per heavy atom. The fourth-order valence-corrected chi connectivity index (χ4v) is 11.6. The zero-order valence-electron chi connectivity index (χ0n) is 33.0. The summed E-state index contributed by atoms with van der Waals surface area (Å²) in [6.45, 7) is 11.9. The summed E-state index contributed by atoms with van der Waals surface area (Å²) in [6, 6.07) is -3.26. The number of urea groups is 1. The van der Waals surface area contributed by atoms with Crippen molar-refractivity contribution in [1.82, 2.24) is 26.2 Å². The Labute approximate surface area is 316 Å². The number of carbonyl (C=O) groups is 5. The number of piperidine rings is 1. The van der Waals surface area contributed by atoms with Crippen molar-refractivity contribution < 1.29 is 32.4 Å². The number of amides is 5. The van der Waals surface area contributed by atoms with Gasteiger partial charge < -0.3 is 26.2 Å². The van der Waals surface area contributed by atoms with Crippen LogP contribution >= 0.6 is 0 Å². The molecule has 2 unspecified atom stereocenters. The molecule has 5 atom stereocenters. The zero-order valence-corrected chi connectivity index (χ0v) is 33.8. The van der Waals surface area contributed by atoms with Crippen LogP contribution in [0, 0.1) is 28.6 Å². The minimum Gasteiger partial charge on any atom is -0.347 e. The lowest BCUT2D eigenvalue weighted by molar-refractivity contribution is -0.146. The van der Waals surface area contributed by atoms with Crippen LogP contribution in [0.15, 0.2) is 0 Å². The summed E-state index contributed by atoms with van der Waals surface area (Å²) in [4.78, 5) is 71.3. The van der Waals surface area contributed by atoms with Gasteiger partial charge in [-0.15, -0.1) is 0 Å². The van der Waals surface area contributed by atoms with E-state index < -0.39 is 67.3 Å². The SMILES string of the molecule is CCC(C)(C)S(=O)(=O)CC1(NC(=O)N[C@H](C(=O)N2C[C@H]3C([C@H]2C(=O)NC(CC2CC2)C(=O)C(=O)NC2CC2)C3(C)C)C2(C)CCCCC2)CCCCC1. The van der Waals surface area contributed by atoms with Crippen LogP contribution in [0.3, 0.4) is 0 Å². The van der Waals surface area contributed by atoms with Crippen LogP contribution in [-0.4, -0.2) is 89.6 Å². The van der Waals surface area contributed by atoms with Crippen molar-refractivity contribution in [2.24, 2.45) is 28.6 Å². The highest BCUT2D eigenvalue weighted by molar-refractivity contribution is 7.92. The molecular weight excluding hydrogens is 695 g/mol. The number of nitrogens with zero attached hydrogens (tertiary/aromatic N) is 1. The Balaban J connectivity index is 1.24. The molecule has 0 aromatic rings. The Bertz CT molecular complexity index is 1560. The first-order chi connectivity index (χ1) is 24.8. The van der Waals surface area contributed by atoms with E-state index in [4.69, 9.17) is 0 Å². The highest BCUT2D eigenvalue weighted by atomic mass is 32.2. The average Bonchev–Trinajstić information content (AvgIpc) is 4.06. The van der Waals surface area contributed by atoms with Gasteiger partial charge in [-0.2, -0.15) is 0 Å². The van der Waals surface area contributed by atoms with Gasteiger partial charge in [-0.25, -0.2) is 13.2 Å². The monoisotopic (exact) mass is 759 g/mol. The molecule has 1 heterocycles. The molecule has 12 nitrogen and oxygen atoms in total. The van der Waals surface area contributed by atoms with Gasteiger partial charge in [0.05, 0.1) is 22.1 Å². The van der Waals surface area contributed by atoms with E-state index in [0.717, 1.165) is 77.0 Å². The summed E-state index contributed by atoms with van der Waals surface area (Å²) in [5.41, 5.74) is -1.69. The van der Waals surface area contributed by atoms with Crippen LogP contribution in [-0.2, 0) is 29.0 Å². The van der Waals surface area contributed by atoms with Crippen LogP contribution < -0.4 is 21.3 Å². The molecule has 4 N–H and O–H groups in total. The molecule has 0 spiro atoms. The number of fused-ring (bicyclic) bond motifs is 1. The van der Waals surface area contributed by atoms with E-state index in [-0.39, 0.29) is 40.9 Å². The predicted octanol–water partition coefficient (Wildman–Crippen LogP) is 4.55. The molecule has 5 saturated carbocycles. The number of likely N-dealkylation sites (tertiary alicyclic amines) is 1. The topological polar surface area (TPSA) is 171 Å². The minimum absolute atomic E-state index is 0.0167. The Kier molecular flexibility index (Phi) is 11.1. The molecule has 1 saturated heterocycles. The molecule has 0 aromatic heterocycles. The Morgan fingerprint density at radius 1 is 0.849 bits per heavy atom. The third-order valence-corrected chi connectivity index (χ3v) is 17.3. The third kappa shape index (κ3) is 8.44. The van der Waals surface area contributed by atoms with Gasteiger partial charge in [0.15, 0.2) is 9.84 Å². The number of carbonyl (C=O) groups excluding carboxylic acids is 5.